The van der Waals surface area contributed by atoms with Crippen molar-refractivity contribution in [3.05, 3.63) is 34.9 Å². The van der Waals surface area contributed by atoms with Crippen molar-refractivity contribution in [2.45, 2.75) is 58.8 Å². The highest BCUT2D eigenvalue weighted by molar-refractivity contribution is 6.30. The average Bonchev–Trinajstić information content (AvgIpc) is 2.31. The lowest BCUT2D eigenvalue weighted by Crippen LogP contribution is -2.36. The number of ether oxygens (including phenoxy) is 1. The molecule has 1 atom stereocenters. The molecule has 1 aromatic rings. The van der Waals surface area contributed by atoms with E-state index < -0.39 is 0 Å². The highest BCUT2D eigenvalue weighted by Gasteiger charge is 2.08. The quantitative estimate of drug-likeness (QED) is 0.748. The van der Waals surface area contributed by atoms with Crippen LogP contribution in [0, 0.1) is 0 Å². The smallest absolute Gasteiger partial charge is 0.0721 e. The summed E-state index contributed by atoms with van der Waals surface area (Å²) in [6.45, 7) is 10.4. The largest absolute Gasteiger partial charge is 0.374 e. The Kier molecular flexibility index (Phi) is 6.84. The first-order valence-corrected chi connectivity index (χ1v) is 7.36. The molecule has 1 aromatic carbocycles. The lowest BCUT2D eigenvalue weighted by molar-refractivity contribution is 0.0461. The molecule has 0 aliphatic heterocycles. The molecule has 0 amide bonds. The summed E-state index contributed by atoms with van der Waals surface area (Å²) in [6.07, 6.45) is 2.48. The maximum Gasteiger partial charge on any atom is 0.0721 e. The minimum atomic E-state index is 0.199. The summed E-state index contributed by atoms with van der Waals surface area (Å²) in [5.41, 5.74) is 1.33. The lowest BCUT2D eigenvalue weighted by Gasteiger charge is -2.21. The van der Waals surface area contributed by atoms with Gasteiger partial charge in [0.15, 0.2) is 0 Å². The van der Waals surface area contributed by atoms with Gasteiger partial charge in [-0.05, 0) is 64.8 Å². The van der Waals surface area contributed by atoms with E-state index in [9.17, 15) is 0 Å². The van der Waals surface area contributed by atoms with Gasteiger partial charge in [0.05, 0.1) is 12.7 Å². The van der Waals surface area contributed by atoms with E-state index in [2.05, 4.69) is 33.0 Å². The third-order valence-corrected chi connectivity index (χ3v) is 3.10. The standard InChI is InChI=1S/C16H26ClNO/c1-13(7-6-10-18-16(2,3)4)19-12-14-8-5-9-15(17)11-14/h5,8-9,11,13,18H,6-7,10,12H2,1-4H3. The van der Waals surface area contributed by atoms with Crippen molar-refractivity contribution < 1.29 is 4.74 Å². The molecule has 0 aliphatic rings. The van der Waals surface area contributed by atoms with Gasteiger partial charge in [-0.15, -0.1) is 0 Å². The van der Waals surface area contributed by atoms with E-state index in [0.29, 0.717) is 6.61 Å². The van der Waals surface area contributed by atoms with Crippen LogP contribution in [-0.2, 0) is 11.3 Å². The third-order valence-electron chi connectivity index (χ3n) is 2.87. The van der Waals surface area contributed by atoms with Crippen LogP contribution in [0.4, 0.5) is 0 Å². The Hall–Kier alpha value is -0.570. The van der Waals surface area contributed by atoms with Crippen LogP contribution in [0.3, 0.4) is 0 Å². The summed E-state index contributed by atoms with van der Waals surface area (Å²) in [5.74, 6) is 0. The van der Waals surface area contributed by atoms with Gasteiger partial charge in [0.1, 0.15) is 0 Å². The predicted molar refractivity (Wildman–Crippen MR) is 82.7 cm³/mol. The van der Waals surface area contributed by atoms with Crippen LogP contribution in [0.2, 0.25) is 5.02 Å². The molecule has 1 rings (SSSR count). The number of rotatable bonds is 7. The molecule has 0 spiro atoms. The summed E-state index contributed by atoms with van der Waals surface area (Å²) in [7, 11) is 0. The Bertz CT molecular complexity index is 373. The molecular weight excluding hydrogens is 258 g/mol. The maximum absolute atomic E-state index is 5.94. The molecule has 0 aromatic heterocycles. The molecule has 0 saturated heterocycles. The van der Waals surface area contributed by atoms with Crippen molar-refractivity contribution in [1.82, 2.24) is 5.32 Å². The van der Waals surface area contributed by atoms with Gasteiger partial charge in [-0.25, -0.2) is 0 Å². The van der Waals surface area contributed by atoms with Crippen LogP contribution in [0.1, 0.15) is 46.1 Å². The Balaban J connectivity index is 2.16. The molecule has 0 bridgehead atoms. The first-order valence-electron chi connectivity index (χ1n) is 6.98. The molecule has 3 heteroatoms. The normalized spacial score (nSPS) is 13.5. The maximum atomic E-state index is 5.94. The topological polar surface area (TPSA) is 21.3 Å². The summed E-state index contributed by atoms with van der Waals surface area (Å²) >= 11 is 5.94. The van der Waals surface area contributed by atoms with Gasteiger partial charge in [0.25, 0.3) is 0 Å². The van der Waals surface area contributed by atoms with Crippen molar-refractivity contribution in [2.24, 2.45) is 0 Å². The van der Waals surface area contributed by atoms with E-state index in [4.69, 9.17) is 16.3 Å². The van der Waals surface area contributed by atoms with Crippen LogP contribution in [0.5, 0.6) is 0 Å². The second-order valence-electron chi connectivity index (χ2n) is 6.07. The molecule has 0 aliphatic carbocycles. The van der Waals surface area contributed by atoms with Gasteiger partial charge >= 0.3 is 0 Å². The summed E-state index contributed by atoms with van der Waals surface area (Å²) in [5, 5.41) is 4.25. The number of halogens is 1. The molecule has 0 radical (unpaired) electrons. The molecule has 0 heterocycles. The minimum Gasteiger partial charge on any atom is -0.374 e. The number of hydrogen-bond donors (Lipinski definition) is 1. The van der Waals surface area contributed by atoms with E-state index in [1.54, 1.807) is 0 Å². The summed E-state index contributed by atoms with van der Waals surface area (Å²) in [6, 6.07) is 7.83. The van der Waals surface area contributed by atoms with E-state index in [0.717, 1.165) is 30.0 Å². The number of hydrogen-bond acceptors (Lipinski definition) is 2. The van der Waals surface area contributed by atoms with Gasteiger partial charge in [-0.2, -0.15) is 0 Å². The van der Waals surface area contributed by atoms with Gasteiger partial charge in [0, 0.05) is 10.6 Å². The molecule has 2 nitrogen and oxygen atoms in total. The zero-order chi connectivity index (χ0) is 14.3. The minimum absolute atomic E-state index is 0.199. The zero-order valence-corrected chi connectivity index (χ0v) is 13.3. The summed E-state index contributed by atoms with van der Waals surface area (Å²) < 4.78 is 5.83. The fourth-order valence-electron chi connectivity index (χ4n) is 1.80. The van der Waals surface area contributed by atoms with Crippen molar-refractivity contribution in [2.75, 3.05) is 6.54 Å². The molecule has 19 heavy (non-hydrogen) atoms. The van der Waals surface area contributed by atoms with E-state index in [1.807, 2.05) is 24.3 Å². The van der Waals surface area contributed by atoms with Gasteiger partial charge in [-0.1, -0.05) is 23.7 Å². The Morgan fingerprint density at radius 1 is 1.32 bits per heavy atom. The van der Waals surface area contributed by atoms with Gasteiger partial charge in [0.2, 0.25) is 0 Å². The Labute approximate surface area is 122 Å². The zero-order valence-electron chi connectivity index (χ0n) is 12.5. The predicted octanol–water partition coefficient (Wildman–Crippen LogP) is 4.41. The second kappa shape index (κ2) is 7.88. The number of benzene rings is 1. The van der Waals surface area contributed by atoms with Crippen molar-refractivity contribution in [1.29, 1.82) is 0 Å². The molecule has 1 unspecified atom stereocenters. The molecule has 0 fully saturated rings. The molecule has 0 saturated carbocycles. The van der Waals surface area contributed by atoms with Gasteiger partial charge in [-0.3, -0.25) is 0 Å². The van der Waals surface area contributed by atoms with Crippen molar-refractivity contribution in [3.63, 3.8) is 0 Å². The average molecular weight is 284 g/mol. The fourth-order valence-corrected chi connectivity index (χ4v) is 2.01. The third kappa shape index (κ3) is 8.25. The molecule has 1 N–H and O–H groups in total. The summed E-state index contributed by atoms with van der Waals surface area (Å²) in [4.78, 5) is 0. The van der Waals surface area contributed by atoms with Crippen molar-refractivity contribution >= 4 is 11.6 Å². The first-order chi connectivity index (χ1) is 8.87. The fraction of sp³-hybridized carbons (Fsp3) is 0.625. The Morgan fingerprint density at radius 2 is 2.05 bits per heavy atom. The van der Waals surface area contributed by atoms with E-state index >= 15 is 0 Å². The first kappa shape index (κ1) is 16.5. The van der Waals surface area contributed by atoms with Crippen LogP contribution in [-0.4, -0.2) is 18.2 Å². The SMILES string of the molecule is CC(CCCNC(C)(C)C)OCc1cccc(Cl)c1. The van der Waals surface area contributed by atoms with Crippen LogP contribution < -0.4 is 5.32 Å². The van der Waals surface area contributed by atoms with Gasteiger partial charge < -0.3 is 10.1 Å². The Morgan fingerprint density at radius 3 is 2.68 bits per heavy atom. The number of nitrogens with one attached hydrogen (secondary N) is 1. The highest BCUT2D eigenvalue weighted by Crippen LogP contribution is 2.13. The van der Waals surface area contributed by atoms with Crippen LogP contribution in [0.15, 0.2) is 24.3 Å². The van der Waals surface area contributed by atoms with Crippen LogP contribution in [0.25, 0.3) is 0 Å². The van der Waals surface area contributed by atoms with Crippen molar-refractivity contribution in [3.8, 4) is 0 Å². The molecule has 108 valence electrons. The van der Waals surface area contributed by atoms with E-state index in [-0.39, 0.29) is 11.6 Å². The second-order valence-corrected chi connectivity index (χ2v) is 6.51. The monoisotopic (exact) mass is 283 g/mol. The van der Waals surface area contributed by atoms with Crippen LogP contribution >= 0.6 is 11.6 Å². The van der Waals surface area contributed by atoms with E-state index in [1.165, 1.54) is 0 Å². The molecular formula is C16H26ClNO. The highest BCUT2D eigenvalue weighted by atomic mass is 35.5. The lowest BCUT2D eigenvalue weighted by atomic mass is 10.1.